The van der Waals surface area contributed by atoms with Crippen molar-refractivity contribution in [1.82, 2.24) is 15.3 Å². The van der Waals surface area contributed by atoms with Crippen LogP contribution in [-0.4, -0.2) is 36.6 Å². The second-order valence-corrected chi connectivity index (χ2v) is 5.62. The van der Waals surface area contributed by atoms with Gasteiger partial charge >= 0.3 is 0 Å². The third kappa shape index (κ3) is 3.42. The number of hydrogen-bond donors (Lipinski definition) is 1. The van der Waals surface area contributed by atoms with E-state index in [0.717, 1.165) is 25.5 Å². The van der Waals surface area contributed by atoms with Crippen molar-refractivity contribution in [3.8, 4) is 0 Å². The lowest BCUT2D eigenvalue weighted by Gasteiger charge is -2.24. The van der Waals surface area contributed by atoms with Crippen LogP contribution in [0.4, 0.5) is 5.82 Å². The number of rotatable bonds is 4. The van der Waals surface area contributed by atoms with Gasteiger partial charge in [-0.25, -0.2) is 9.97 Å². The van der Waals surface area contributed by atoms with Crippen molar-refractivity contribution >= 4 is 5.82 Å². The first-order chi connectivity index (χ1) is 8.66. The van der Waals surface area contributed by atoms with E-state index in [9.17, 15) is 0 Å². The van der Waals surface area contributed by atoms with E-state index in [-0.39, 0.29) is 0 Å². The molecule has 1 aliphatic rings. The van der Waals surface area contributed by atoms with E-state index in [1.165, 1.54) is 18.5 Å². The Morgan fingerprint density at radius 1 is 1.44 bits per heavy atom. The molecule has 0 spiro atoms. The van der Waals surface area contributed by atoms with Gasteiger partial charge < -0.3 is 10.2 Å². The molecule has 4 nitrogen and oxygen atoms in total. The molecule has 0 amide bonds. The van der Waals surface area contributed by atoms with E-state index >= 15 is 0 Å². The highest BCUT2D eigenvalue weighted by Crippen LogP contribution is 2.23. The summed E-state index contributed by atoms with van der Waals surface area (Å²) in [5.74, 6) is 2.23. The Morgan fingerprint density at radius 3 is 2.94 bits per heavy atom. The minimum atomic E-state index is 0.549. The molecule has 4 heteroatoms. The van der Waals surface area contributed by atoms with E-state index < -0.39 is 0 Å². The fourth-order valence-corrected chi connectivity index (χ4v) is 2.54. The van der Waals surface area contributed by atoms with Gasteiger partial charge in [-0.2, -0.15) is 0 Å². The van der Waals surface area contributed by atoms with Gasteiger partial charge in [0.1, 0.15) is 12.1 Å². The summed E-state index contributed by atoms with van der Waals surface area (Å²) < 4.78 is 0. The molecule has 1 aliphatic heterocycles. The van der Waals surface area contributed by atoms with Crippen molar-refractivity contribution in [2.45, 2.75) is 32.6 Å². The highest BCUT2D eigenvalue weighted by molar-refractivity contribution is 5.38. The zero-order valence-corrected chi connectivity index (χ0v) is 11.7. The standard InChI is InChI=1S/C14H24N4/c1-11(2)9-18(3)14-7-13(16-10-17-14)12-5-4-6-15-8-12/h7,10-12,15H,4-6,8-9H2,1-3H3. The van der Waals surface area contributed by atoms with Crippen molar-refractivity contribution in [3.63, 3.8) is 0 Å². The topological polar surface area (TPSA) is 41.0 Å². The van der Waals surface area contributed by atoms with Gasteiger partial charge in [-0.3, -0.25) is 0 Å². The minimum Gasteiger partial charge on any atom is -0.359 e. The lowest BCUT2D eigenvalue weighted by atomic mass is 9.96. The summed E-state index contributed by atoms with van der Waals surface area (Å²) in [4.78, 5) is 11.0. The second-order valence-electron chi connectivity index (χ2n) is 5.62. The van der Waals surface area contributed by atoms with Crippen LogP contribution in [-0.2, 0) is 0 Å². The fourth-order valence-electron chi connectivity index (χ4n) is 2.54. The van der Waals surface area contributed by atoms with Crippen molar-refractivity contribution in [2.24, 2.45) is 5.92 Å². The predicted octanol–water partition coefficient (Wildman–Crippen LogP) is 2.04. The van der Waals surface area contributed by atoms with Gasteiger partial charge in [0.05, 0.1) is 5.69 Å². The summed E-state index contributed by atoms with van der Waals surface area (Å²) >= 11 is 0. The molecule has 1 atom stereocenters. The van der Waals surface area contributed by atoms with Gasteiger partial charge in [0.25, 0.3) is 0 Å². The molecule has 0 aromatic carbocycles. The first-order valence-electron chi connectivity index (χ1n) is 6.90. The lowest BCUT2D eigenvalue weighted by Crippen LogP contribution is -2.29. The maximum atomic E-state index is 4.45. The fraction of sp³-hybridized carbons (Fsp3) is 0.714. The molecule has 1 fully saturated rings. The Balaban J connectivity index is 2.08. The largest absolute Gasteiger partial charge is 0.359 e. The average molecular weight is 248 g/mol. The van der Waals surface area contributed by atoms with Crippen LogP contribution in [0, 0.1) is 5.92 Å². The summed E-state index contributed by atoms with van der Waals surface area (Å²) in [6.45, 7) is 7.67. The molecule has 2 heterocycles. The Labute approximate surface area is 110 Å². The van der Waals surface area contributed by atoms with E-state index in [1.807, 2.05) is 0 Å². The van der Waals surface area contributed by atoms with Crippen LogP contribution < -0.4 is 10.2 Å². The number of hydrogen-bond acceptors (Lipinski definition) is 4. The molecule has 1 unspecified atom stereocenters. The first kappa shape index (κ1) is 13.3. The molecule has 0 aliphatic carbocycles. The third-order valence-electron chi connectivity index (χ3n) is 3.42. The Hall–Kier alpha value is -1.16. The monoisotopic (exact) mass is 248 g/mol. The summed E-state index contributed by atoms with van der Waals surface area (Å²) in [7, 11) is 2.10. The predicted molar refractivity (Wildman–Crippen MR) is 75.0 cm³/mol. The molecule has 2 rings (SSSR count). The molecule has 1 aromatic rings. The van der Waals surface area contributed by atoms with Crippen molar-refractivity contribution < 1.29 is 0 Å². The lowest BCUT2D eigenvalue weighted by molar-refractivity contribution is 0.454. The van der Waals surface area contributed by atoms with Crippen LogP contribution in [0.15, 0.2) is 12.4 Å². The Morgan fingerprint density at radius 2 is 2.28 bits per heavy atom. The van der Waals surface area contributed by atoms with Crippen LogP contribution in [0.25, 0.3) is 0 Å². The van der Waals surface area contributed by atoms with E-state index in [1.54, 1.807) is 6.33 Å². The Bertz CT molecular complexity index is 372. The number of piperidine rings is 1. The molecule has 18 heavy (non-hydrogen) atoms. The van der Waals surface area contributed by atoms with E-state index in [2.05, 4.69) is 47.1 Å². The van der Waals surface area contributed by atoms with Gasteiger partial charge in [0, 0.05) is 32.1 Å². The molecular formula is C14H24N4. The van der Waals surface area contributed by atoms with Gasteiger partial charge in [-0.1, -0.05) is 13.8 Å². The molecule has 0 bridgehead atoms. The van der Waals surface area contributed by atoms with Crippen LogP contribution in [0.5, 0.6) is 0 Å². The first-order valence-corrected chi connectivity index (χ1v) is 6.90. The molecule has 0 saturated carbocycles. The average Bonchev–Trinajstić information content (AvgIpc) is 2.39. The number of anilines is 1. The maximum Gasteiger partial charge on any atom is 0.131 e. The summed E-state index contributed by atoms with van der Waals surface area (Å²) in [6.07, 6.45) is 4.18. The summed E-state index contributed by atoms with van der Waals surface area (Å²) in [6, 6.07) is 2.15. The highest BCUT2D eigenvalue weighted by atomic mass is 15.2. The van der Waals surface area contributed by atoms with Gasteiger partial charge in [0.15, 0.2) is 0 Å². The zero-order chi connectivity index (χ0) is 13.0. The van der Waals surface area contributed by atoms with Crippen molar-refractivity contribution in [1.29, 1.82) is 0 Å². The zero-order valence-electron chi connectivity index (χ0n) is 11.7. The molecular weight excluding hydrogens is 224 g/mol. The second kappa shape index (κ2) is 6.14. The molecule has 1 N–H and O–H groups in total. The van der Waals surface area contributed by atoms with Crippen LogP contribution in [0.1, 0.15) is 38.3 Å². The summed E-state index contributed by atoms with van der Waals surface area (Å²) in [5, 5.41) is 3.44. The highest BCUT2D eigenvalue weighted by Gasteiger charge is 2.17. The van der Waals surface area contributed by atoms with Gasteiger partial charge in [-0.15, -0.1) is 0 Å². The Kier molecular flexibility index (Phi) is 4.53. The third-order valence-corrected chi connectivity index (χ3v) is 3.42. The van der Waals surface area contributed by atoms with Crippen molar-refractivity contribution in [3.05, 3.63) is 18.1 Å². The summed E-state index contributed by atoms with van der Waals surface area (Å²) in [5.41, 5.74) is 1.18. The number of nitrogens with zero attached hydrogens (tertiary/aromatic N) is 3. The van der Waals surface area contributed by atoms with E-state index in [0.29, 0.717) is 11.8 Å². The minimum absolute atomic E-state index is 0.549. The van der Waals surface area contributed by atoms with E-state index in [4.69, 9.17) is 0 Å². The molecule has 100 valence electrons. The van der Waals surface area contributed by atoms with Crippen LogP contribution in [0.2, 0.25) is 0 Å². The van der Waals surface area contributed by atoms with Gasteiger partial charge in [-0.05, 0) is 25.3 Å². The van der Waals surface area contributed by atoms with Crippen LogP contribution >= 0.6 is 0 Å². The van der Waals surface area contributed by atoms with Crippen molar-refractivity contribution in [2.75, 3.05) is 31.6 Å². The molecule has 1 aromatic heterocycles. The number of nitrogens with one attached hydrogen (secondary N) is 1. The number of aromatic nitrogens is 2. The smallest absolute Gasteiger partial charge is 0.131 e. The van der Waals surface area contributed by atoms with Gasteiger partial charge in [0.2, 0.25) is 0 Å². The molecule has 0 radical (unpaired) electrons. The molecule has 1 saturated heterocycles. The SMILES string of the molecule is CC(C)CN(C)c1cc(C2CCCNC2)ncn1. The quantitative estimate of drug-likeness (QED) is 0.885. The normalized spacial score (nSPS) is 20.1. The van der Waals surface area contributed by atoms with Crippen LogP contribution in [0.3, 0.4) is 0 Å². The maximum absolute atomic E-state index is 4.45.